The number of nitrogens with one attached hydrogen (secondary N) is 3. The zero-order valence-electron chi connectivity index (χ0n) is 12.7. The average molecular weight is 317 g/mol. The highest BCUT2D eigenvalue weighted by atomic mass is 32.2. The quantitative estimate of drug-likeness (QED) is 0.626. The maximum Gasteiger partial charge on any atom is 0.220 e. The van der Waals surface area contributed by atoms with Gasteiger partial charge in [0.25, 0.3) is 0 Å². The first-order chi connectivity index (χ1) is 9.94. The molecule has 2 fully saturated rings. The predicted molar refractivity (Wildman–Crippen MR) is 82.3 cm³/mol. The third-order valence-corrected chi connectivity index (χ3v) is 5.26. The summed E-state index contributed by atoms with van der Waals surface area (Å²) in [7, 11) is -3.17. The van der Waals surface area contributed by atoms with Gasteiger partial charge in [-0.05, 0) is 50.6 Å². The van der Waals surface area contributed by atoms with Gasteiger partial charge < -0.3 is 10.6 Å². The summed E-state index contributed by atoms with van der Waals surface area (Å²) in [6, 6.07) is -0.0284. The first-order valence-corrected chi connectivity index (χ1v) is 9.78. The van der Waals surface area contributed by atoms with Crippen LogP contribution in [0.25, 0.3) is 0 Å². The van der Waals surface area contributed by atoms with Crippen molar-refractivity contribution < 1.29 is 13.2 Å². The topological polar surface area (TPSA) is 87.3 Å². The molecule has 0 bridgehead atoms. The molecule has 21 heavy (non-hydrogen) atoms. The summed E-state index contributed by atoms with van der Waals surface area (Å²) < 4.78 is 25.3. The fourth-order valence-electron chi connectivity index (χ4n) is 3.34. The second-order valence-corrected chi connectivity index (χ2v) is 8.17. The molecule has 0 aromatic rings. The van der Waals surface area contributed by atoms with E-state index in [9.17, 15) is 13.2 Å². The molecule has 2 rings (SSSR count). The molecule has 122 valence electrons. The number of carbonyl (C=O) groups is 1. The van der Waals surface area contributed by atoms with Crippen LogP contribution in [0.4, 0.5) is 0 Å². The van der Waals surface area contributed by atoms with E-state index in [0.29, 0.717) is 18.9 Å². The van der Waals surface area contributed by atoms with Gasteiger partial charge in [-0.3, -0.25) is 4.79 Å². The molecule has 0 aromatic heterocycles. The Morgan fingerprint density at radius 2 is 2.10 bits per heavy atom. The second-order valence-electron chi connectivity index (χ2n) is 6.39. The molecule has 3 N–H and O–H groups in total. The van der Waals surface area contributed by atoms with E-state index < -0.39 is 10.0 Å². The van der Waals surface area contributed by atoms with E-state index in [1.54, 1.807) is 0 Å². The highest BCUT2D eigenvalue weighted by Gasteiger charge is 2.29. The molecule has 1 aliphatic carbocycles. The van der Waals surface area contributed by atoms with Gasteiger partial charge in [0.2, 0.25) is 15.9 Å². The number of carbonyl (C=O) groups excluding carboxylic acids is 1. The standard InChI is InChI=1S/C14H27N3O3S/c1-21(19,20)17-13-4-2-3-12(13)10-16-14(18)6-5-11-7-8-15-9-11/h11-13,15,17H,2-10H2,1H3,(H,16,18). The van der Waals surface area contributed by atoms with Crippen molar-refractivity contribution in [3.05, 3.63) is 0 Å². The maximum atomic E-state index is 11.9. The molecule has 1 heterocycles. The fourth-order valence-corrected chi connectivity index (χ4v) is 4.20. The minimum Gasteiger partial charge on any atom is -0.356 e. The summed E-state index contributed by atoms with van der Waals surface area (Å²) >= 11 is 0. The maximum absolute atomic E-state index is 11.9. The number of amides is 1. The first kappa shape index (κ1) is 16.7. The molecule has 0 spiro atoms. The van der Waals surface area contributed by atoms with E-state index in [2.05, 4.69) is 15.4 Å². The van der Waals surface area contributed by atoms with Crippen molar-refractivity contribution in [2.75, 3.05) is 25.9 Å². The van der Waals surface area contributed by atoms with E-state index in [0.717, 1.165) is 45.2 Å². The summed E-state index contributed by atoms with van der Waals surface area (Å²) in [4.78, 5) is 11.9. The summed E-state index contributed by atoms with van der Waals surface area (Å²) in [5, 5.41) is 6.27. The van der Waals surface area contributed by atoms with Crippen molar-refractivity contribution in [3.8, 4) is 0 Å². The smallest absolute Gasteiger partial charge is 0.220 e. The molecular formula is C14H27N3O3S. The fraction of sp³-hybridized carbons (Fsp3) is 0.929. The lowest BCUT2D eigenvalue weighted by Crippen LogP contribution is -2.41. The Morgan fingerprint density at radius 3 is 2.76 bits per heavy atom. The van der Waals surface area contributed by atoms with Crippen LogP contribution in [0.15, 0.2) is 0 Å². The zero-order valence-corrected chi connectivity index (χ0v) is 13.5. The number of rotatable bonds is 7. The van der Waals surface area contributed by atoms with Crippen LogP contribution in [0.5, 0.6) is 0 Å². The highest BCUT2D eigenvalue weighted by Crippen LogP contribution is 2.25. The van der Waals surface area contributed by atoms with E-state index >= 15 is 0 Å². The largest absolute Gasteiger partial charge is 0.356 e. The molecule has 1 amide bonds. The van der Waals surface area contributed by atoms with Crippen molar-refractivity contribution in [1.29, 1.82) is 0 Å². The Bertz CT molecular complexity index is 446. The minimum atomic E-state index is -3.17. The van der Waals surface area contributed by atoms with Gasteiger partial charge in [0.1, 0.15) is 0 Å². The number of sulfonamides is 1. The van der Waals surface area contributed by atoms with Crippen LogP contribution in [-0.4, -0.2) is 46.3 Å². The van der Waals surface area contributed by atoms with Crippen molar-refractivity contribution in [1.82, 2.24) is 15.4 Å². The summed E-state index contributed by atoms with van der Waals surface area (Å²) in [6.45, 7) is 2.67. The highest BCUT2D eigenvalue weighted by molar-refractivity contribution is 7.88. The van der Waals surface area contributed by atoms with Crippen LogP contribution in [0, 0.1) is 11.8 Å². The van der Waals surface area contributed by atoms with Crippen LogP contribution in [-0.2, 0) is 14.8 Å². The summed E-state index contributed by atoms with van der Waals surface area (Å²) in [5.41, 5.74) is 0. The molecule has 3 unspecified atom stereocenters. The summed E-state index contributed by atoms with van der Waals surface area (Å²) in [6.07, 6.45) is 6.72. The Hall–Kier alpha value is -0.660. The van der Waals surface area contributed by atoms with E-state index in [-0.39, 0.29) is 17.9 Å². The normalized spacial score (nSPS) is 29.7. The van der Waals surface area contributed by atoms with E-state index in [4.69, 9.17) is 0 Å². The summed E-state index contributed by atoms with van der Waals surface area (Å²) in [5.74, 6) is 0.936. The van der Waals surface area contributed by atoms with Gasteiger partial charge >= 0.3 is 0 Å². The predicted octanol–water partition coefficient (Wildman–Crippen LogP) is 0.210. The van der Waals surface area contributed by atoms with Crippen LogP contribution in [0.3, 0.4) is 0 Å². The minimum absolute atomic E-state index is 0.0284. The first-order valence-electron chi connectivity index (χ1n) is 7.89. The lowest BCUT2D eigenvalue weighted by molar-refractivity contribution is -0.121. The third kappa shape index (κ3) is 5.92. The van der Waals surface area contributed by atoms with Crippen LogP contribution in [0.2, 0.25) is 0 Å². The van der Waals surface area contributed by atoms with Crippen molar-refractivity contribution in [2.24, 2.45) is 11.8 Å². The molecule has 3 atom stereocenters. The van der Waals surface area contributed by atoms with Crippen LogP contribution in [0.1, 0.15) is 38.5 Å². The number of hydrogen-bond acceptors (Lipinski definition) is 4. The molecular weight excluding hydrogens is 290 g/mol. The van der Waals surface area contributed by atoms with Gasteiger partial charge in [-0.1, -0.05) is 6.42 Å². The van der Waals surface area contributed by atoms with Crippen LogP contribution < -0.4 is 15.4 Å². The van der Waals surface area contributed by atoms with Gasteiger partial charge in [0, 0.05) is 19.0 Å². The Balaban J connectivity index is 1.67. The van der Waals surface area contributed by atoms with Gasteiger partial charge in [-0.15, -0.1) is 0 Å². The Labute approximate surface area is 127 Å². The molecule has 1 saturated carbocycles. The Morgan fingerprint density at radius 1 is 1.29 bits per heavy atom. The molecule has 7 heteroatoms. The van der Waals surface area contributed by atoms with Gasteiger partial charge in [-0.25, -0.2) is 13.1 Å². The van der Waals surface area contributed by atoms with Gasteiger partial charge in [-0.2, -0.15) is 0 Å². The van der Waals surface area contributed by atoms with Crippen molar-refractivity contribution in [2.45, 2.75) is 44.6 Å². The molecule has 6 nitrogen and oxygen atoms in total. The lowest BCUT2D eigenvalue weighted by atomic mass is 10.0. The molecule has 1 saturated heterocycles. The molecule has 1 aliphatic heterocycles. The van der Waals surface area contributed by atoms with Crippen LogP contribution >= 0.6 is 0 Å². The van der Waals surface area contributed by atoms with Gasteiger partial charge in [0.05, 0.1) is 6.26 Å². The zero-order chi connectivity index (χ0) is 15.3. The van der Waals surface area contributed by atoms with Crippen molar-refractivity contribution in [3.63, 3.8) is 0 Å². The molecule has 0 aromatic carbocycles. The second kappa shape index (κ2) is 7.56. The third-order valence-electron chi connectivity index (χ3n) is 4.53. The van der Waals surface area contributed by atoms with E-state index in [1.165, 1.54) is 6.26 Å². The average Bonchev–Trinajstić information content (AvgIpc) is 3.03. The SMILES string of the molecule is CS(=O)(=O)NC1CCCC1CNC(=O)CCC1CCNC1. The molecule has 0 radical (unpaired) electrons. The Kier molecular flexibility index (Phi) is 6.01. The lowest BCUT2D eigenvalue weighted by Gasteiger charge is -2.20. The molecule has 2 aliphatic rings. The van der Waals surface area contributed by atoms with Gasteiger partial charge in [0.15, 0.2) is 0 Å². The van der Waals surface area contributed by atoms with E-state index in [1.807, 2.05) is 0 Å². The monoisotopic (exact) mass is 317 g/mol. The van der Waals surface area contributed by atoms with Crippen molar-refractivity contribution >= 4 is 15.9 Å². The number of hydrogen-bond donors (Lipinski definition) is 3.